The summed E-state index contributed by atoms with van der Waals surface area (Å²) in [6.07, 6.45) is -0.914. The van der Waals surface area contributed by atoms with Gasteiger partial charge in [-0.2, -0.15) is 0 Å². The minimum Gasteiger partial charge on any atom is -0.481 e. The number of aliphatic carboxylic acids is 4. The summed E-state index contributed by atoms with van der Waals surface area (Å²) in [5.74, 6) is -4.63. The molecule has 128 valence electrons. The summed E-state index contributed by atoms with van der Waals surface area (Å²) in [6.45, 7) is 6.99. The zero-order valence-corrected chi connectivity index (χ0v) is 13.2. The van der Waals surface area contributed by atoms with Gasteiger partial charge in [0.25, 0.3) is 0 Å². The number of carboxylic acids is 4. The van der Waals surface area contributed by atoms with Crippen LogP contribution in [0.2, 0.25) is 0 Å². The van der Waals surface area contributed by atoms with Crippen molar-refractivity contribution in [2.75, 3.05) is 0 Å². The second-order valence-electron chi connectivity index (χ2n) is 5.51. The van der Waals surface area contributed by atoms with Gasteiger partial charge >= 0.3 is 23.9 Å². The topological polar surface area (TPSA) is 149 Å². The lowest BCUT2D eigenvalue weighted by Gasteiger charge is -2.35. The lowest BCUT2D eigenvalue weighted by atomic mass is 9.67. The van der Waals surface area contributed by atoms with E-state index in [1.54, 1.807) is 27.7 Å². The van der Waals surface area contributed by atoms with Crippen LogP contribution in [0, 0.1) is 17.3 Å². The summed E-state index contributed by atoms with van der Waals surface area (Å²) in [5.41, 5.74) is -1.16. The van der Waals surface area contributed by atoms with Crippen molar-refractivity contribution in [3.8, 4) is 0 Å². The van der Waals surface area contributed by atoms with Crippen LogP contribution in [0.1, 0.15) is 47.0 Å². The van der Waals surface area contributed by atoms with Crippen LogP contribution in [0.5, 0.6) is 0 Å². The molecule has 0 aliphatic heterocycles. The van der Waals surface area contributed by atoms with Crippen molar-refractivity contribution in [2.24, 2.45) is 17.3 Å². The fourth-order valence-electron chi connectivity index (χ4n) is 2.11. The molecule has 0 bridgehead atoms. The number of rotatable bonds is 8. The predicted molar refractivity (Wildman–Crippen MR) is 76.5 cm³/mol. The van der Waals surface area contributed by atoms with E-state index in [1.165, 1.54) is 0 Å². The van der Waals surface area contributed by atoms with E-state index in [1.807, 2.05) is 0 Å². The molecule has 0 fully saturated rings. The first kappa shape index (κ1) is 22.2. The molecule has 0 atom stereocenters. The summed E-state index contributed by atoms with van der Waals surface area (Å²) in [6, 6.07) is 0. The van der Waals surface area contributed by atoms with Crippen molar-refractivity contribution in [2.45, 2.75) is 47.0 Å². The summed E-state index contributed by atoms with van der Waals surface area (Å²) in [7, 11) is 0. The van der Waals surface area contributed by atoms with Gasteiger partial charge in [0.15, 0.2) is 0 Å². The van der Waals surface area contributed by atoms with Gasteiger partial charge in [-0.1, -0.05) is 27.7 Å². The average molecular weight is 320 g/mol. The van der Waals surface area contributed by atoms with Crippen LogP contribution in [0.4, 0.5) is 0 Å². The van der Waals surface area contributed by atoms with Crippen molar-refractivity contribution in [1.82, 2.24) is 0 Å². The van der Waals surface area contributed by atoms with E-state index in [0.29, 0.717) is 0 Å². The molecule has 0 heterocycles. The molecule has 0 unspecified atom stereocenters. The normalized spacial score (nSPS) is 10.8. The molecule has 0 aliphatic rings. The third kappa shape index (κ3) is 7.61. The molecule has 8 nitrogen and oxygen atoms in total. The molecule has 0 radical (unpaired) electrons. The Balaban J connectivity index is 0. The number of hydrogen-bond donors (Lipinski definition) is 4. The third-order valence-electron chi connectivity index (χ3n) is 3.46. The molecule has 0 spiro atoms. The van der Waals surface area contributed by atoms with Gasteiger partial charge in [0, 0.05) is 0 Å². The first-order chi connectivity index (χ1) is 9.87. The molecular weight excluding hydrogens is 296 g/mol. The standard InChI is InChI=1S/C10H18O4.C4H6O4/c1-6(2)10(7(3)4,9(13)14)5-8(11)12;5-3(6)1-2-4(7)8/h6-7H,5H2,1-4H3,(H,11,12)(H,13,14);1-2H2,(H,5,6)(H,7,8). The van der Waals surface area contributed by atoms with Crippen LogP contribution in [-0.2, 0) is 19.2 Å². The third-order valence-corrected chi connectivity index (χ3v) is 3.46. The number of carboxylic acid groups (broad SMARTS) is 4. The Kier molecular flexibility index (Phi) is 9.82. The smallest absolute Gasteiger partial charge is 0.310 e. The van der Waals surface area contributed by atoms with Crippen LogP contribution in [0.15, 0.2) is 0 Å². The summed E-state index contributed by atoms with van der Waals surface area (Å²) < 4.78 is 0. The highest BCUT2D eigenvalue weighted by Crippen LogP contribution is 2.39. The Morgan fingerprint density at radius 3 is 1.14 bits per heavy atom. The van der Waals surface area contributed by atoms with Crippen molar-refractivity contribution < 1.29 is 39.6 Å². The van der Waals surface area contributed by atoms with Crippen LogP contribution in [0.3, 0.4) is 0 Å². The maximum absolute atomic E-state index is 11.2. The molecule has 8 heteroatoms. The predicted octanol–water partition coefficient (Wildman–Crippen LogP) is 1.78. The van der Waals surface area contributed by atoms with E-state index in [0.717, 1.165) is 0 Å². The zero-order chi connectivity index (χ0) is 18.1. The molecule has 4 N–H and O–H groups in total. The Bertz CT molecular complexity index is 389. The fraction of sp³-hybridized carbons (Fsp3) is 0.714. The van der Waals surface area contributed by atoms with Gasteiger partial charge in [-0.15, -0.1) is 0 Å². The van der Waals surface area contributed by atoms with Crippen LogP contribution >= 0.6 is 0 Å². The van der Waals surface area contributed by atoms with Gasteiger partial charge in [-0.3, -0.25) is 19.2 Å². The molecule has 0 aromatic carbocycles. The van der Waals surface area contributed by atoms with Gasteiger partial charge in [-0.25, -0.2) is 0 Å². The van der Waals surface area contributed by atoms with E-state index in [-0.39, 0.29) is 31.1 Å². The highest BCUT2D eigenvalue weighted by molar-refractivity contribution is 5.82. The molecular formula is C14H24O8. The van der Waals surface area contributed by atoms with Crippen molar-refractivity contribution in [3.63, 3.8) is 0 Å². The highest BCUT2D eigenvalue weighted by Gasteiger charge is 2.46. The van der Waals surface area contributed by atoms with Gasteiger partial charge in [0.1, 0.15) is 0 Å². The Labute approximate surface area is 128 Å². The van der Waals surface area contributed by atoms with Gasteiger partial charge in [-0.05, 0) is 11.8 Å². The highest BCUT2D eigenvalue weighted by atomic mass is 16.4. The lowest BCUT2D eigenvalue weighted by molar-refractivity contribution is -0.162. The Hall–Kier alpha value is -2.12. The first-order valence-corrected chi connectivity index (χ1v) is 6.76. The molecule has 0 amide bonds. The van der Waals surface area contributed by atoms with Crippen LogP contribution in [0.25, 0.3) is 0 Å². The van der Waals surface area contributed by atoms with Crippen LogP contribution < -0.4 is 0 Å². The van der Waals surface area contributed by atoms with Crippen molar-refractivity contribution >= 4 is 23.9 Å². The quantitative estimate of drug-likeness (QED) is 0.528. The lowest BCUT2D eigenvalue weighted by Crippen LogP contribution is -2.43. The van der Waals surface area contributed by atoms with E-state index in [2.05, 4.69) is 0 Å². The average Bonchev–Trinajstić information content (AvgIpc) is 2.32. The minimum absolute atomic E-state index is 0.198. The first-order valence-electron chi connectivity index (χ1n) is 6.76. The van der Waals surface area contributed by atoms with Gasteiger partial charge < -0.3 is 20.4 Å². The number of hydrogen-bond acceptors (Lipinski definition) is 4. The molecule has 0 aromatic rings. The van der Waals surface area contributed by atoms with Gasteiger partial charge in [0.05, 0.1) is 24.7 Å². The Morgan fingerprint density at radius 1 is 0.727 bits per heavy atom. The molecule has 0 saturated carbocycles. The largest absolute Gasteiger partial charge is 0.481 e. The molecule has 0 aromatic heterocycles. The van der Waals surface area contributed by atoms with Crippen molar-refractivity contribution in [3.05, 3.63) is 0 Å². The summed E-state index contributed by atoms with van der Waals surface area (Å²) >= 11 is 0. The summed E-state index contributed by atoms with van der Waals surface area (Å²) in [5, 5.41) is 33.7. The molecule has 0 saturated heterocycles. The second-order valence-corrected chi connectivity index (χ2v) is 5.51. The fourth-order valence-corrected chi connectivity index (χ4v) is 2.11. The minimum atomic E-state index is -1.16. The van der Waals surface area contributed by atoms with Crippen molar-refractivity contribution in [1.29, 1.82) is 0 Å². The maximum Gasteiger partial charge on any atom is 0.310 e. The van der Waals surface area contributed by atoms with E-state index in [9.17, 15) is 19.2 Å². The molecule has 22 heavy (non-hydrogen) atoms. The monoisotopic (exact) mass is 320 g/mol. The number of carbonyl (C=O) groups is 4. The Morgan fingerprint density at radius 2 is 1.05 bits per heavy atom. The van der Waals surface area contributed by atoms with Crippen LogP contribution in [-0.4, -0.2) is 44.3 Å². The zero-order valence-electron chi connectivity index (χ0n) is 13.2. The van der Waals surface area contributed by atoms with Gasteiger partial charge in [0.2, 0.25) is 0 Å². The van der Waals surface area contributed by atoms with E-state index >= 15 is 0 Å². The van der Waals surface area contributed by atoms with E-state index in [4.69, 9.17) is 20.4 Å². The van der Waals surface area contributed by atoms with E-state index < -0.39 is 29.3 Å². The second kappa shape index (κ2) is 9.75. The molecule has 0 rings (SSSR count). The SMILES string of the molecule is CC(C)C(CC(=O)O)(C(=O)O)C(C)C.O=C(O)CCC(=O)O. The summed E-state index contributed by atoms with van der Waals surface area (Å²) in [4.78, 5) is 41.1. The molecule has 0 aliphatic carbocycles. The maximum atomic E-state index is 11.2.